The summed E-state index contributed by atoms with van der Waals surface area (Å²) in [5.41, 5.74) is 0.273. The topological polar surface area (TPSA) is 26.3 Å². The maximum absolute atomic E-state index is 13.4. The number of ether oxygens (including phenoxy) is 1. The van der Waals surface area contributed by atoms with Crippen LogP contribution in [-0.2, 0) is 0 Å². The summed E-state index contributed by atoms with van der Waals surface area (Å²) in [6.45, 7) is 0. The Morgan fingerprint density at radius 3 is 2.58 bits per heavy atom. The van der Waals surface area contributed by atoms with Gasteiger partial charge in [-0.3, -0.25) is 4.79 Å². The van der Waals surface area contributed by atoms with Crippen LogP contribution in [-0.4, -0.2) is 6.29 Å². The summed E-state index contributed by atoms with van der Waals surface area (Å²) in [7, 11) is 0. The van der Waals surface area contributed by atoms with Gasteiger partial charge in [0.15, 0.2) is 6.29 Å². The first-order valence-electron chi connectivity index (χ1n) is 5.08. The maximum atomic E-state index is 13.4. The summed E-state index contributed by atoms with van der Waals surface area (Å²) in [5, 5.41) is 0.391. The first-order chi connectivity index (χ1) is 9.01. The van der Waals surface area contributed by atoms with Gasteiger partial charge in [-0.25, -0.2) is 4.39 Å². The summed E-state index contributed by atoms with van der Waals surface area (Å²) >= 11 is 14.6. The fraction of sp³-hybridized carbons (Fsp3) is 0. The van der Waals surface area contributed by atoms with Crippen molar-refractivity contribution < 1.29 is 13.9 Å². The highest BCUT2D eigenvalue weighted by Crippen LogP contribution is 2.35. The maximum Gasteiger partial charge on any atom is 0.153 e. The van der Waals surface area contributed by atoms with E-state index < -0.39 is 5.82 Å². The Balaban J connectivity index is 2.41. The molecule has 0 atom stereocenters. The molecule has 0 aliphatic carbocycles. The van der Waals surface area contributed by atoms with E-state index in [-0.39, 0.29) is 22.1 Å². The largest absolute Gasteiger partial charge is 0.455 e. The van der Waals surface area contributed by atoms with E-state index in [9.17, 15) is 9.18 Å². The monoisotopic (exact) mass is 362 g/mol. The van der Waals surface area contributed by atoms with Crippen molar-refractivity contribution in [3.05, 3.63) is 56.2 Å². The summed E-state index contributed by atoms with van der Waals surface area (Å²) in [6.07, 6.45) is 0.612. The third-order valence-corrected chi connectivity index (χ3v) is 3.44. The summed E-state index contributed by atoms with van der Waals surface area (Å²) in [5.74, 6) is -0.115. The Kier molecular flexibility index (Phi) is 4.45. The number of carbonyl (C=O) groups excluding carboxylic acids is 1. The van der Waals surface area contributed by atoms with Crippen molar-refractivity contribution in [1.29, 1.82) is 0 Å². The highest BCUT2D eigenvalue weighted by Gasteiger charge is 2.11. The molecule has 0 radical (unpaired) electrons. The lowest BCUT2D eigenvalue weighted by Crippen LogP contribution is -1.92. The zero-order valence-corrected chi connectivity index (χ0v) is 12.4. The van der Waals surface area contributed by atoms with E-state index in [2.05, 4.69) is 15.9 Å². The molecule has 0 fully saturated rings. The molecule has 0 bridgehead atoms. The fourth-order valence-electron chi connectivity index (χ4n) is 1.41. The fourth-order valence-corrected chi connectivity index (χ4v) is 2.31. The van der Waals surface area contributed by atoms with Gasteiger partial charge in [0, 0.05) is 11.1 Å². The first kappa shape index (κ1) is 14.3. The highest BCUT2D eigenvalue weighted by molar-refractivity contribution is 9.10. The third-order valence-electron chi connectivity index (χ3n) is 2.29. The Hall–Kier alpha value is -1.10. The quantitative estimate of drug-likeness (QED) is 0.531. The van der Waals surface area contributed by atoms with Crippen LogP contribution in [0.5, 0.6) is 11.5 Å². The Morgan fingerprint density at radius 2 is 1.89 bits per heavy atom. The van der Waals surface area contributed by atoms with Crippen LogP contribution in [0.3, 0.4) is 0 Å². The van der Waals surface area contributed by atoms with Crippen molar-refractivity contribution in [3.63, 3.8) is 0 Å². The lowest BCUT2D eigenvalue weighted by atomic mass is 10.2. The molecule has 6 heteroatoms. The molecule has 0 amide bonds. The van der Waals surface area contributed by atoms with Gasteiger partial charge in [0.05, 0.1) is 15.1 Å². The van der Waals surface area contributed by atoms with E-state index in [0.717, 1.165) is 6.07 Å². The van der Waals surface area contributed by atoms with Crippen LogP contribution in [0, 0.1) is 5.82 Å². The van der Waals surface area contributed by atoms with Crippen LogP contribution in [0.4, 0.5) is 4.39 Å². The van der Waals surface area contributed by atoms with Gasteiger partial charge in [-0.2, -0.15) is 0 Å². The smallest absolute Gasteiger partial charge is 0.153 e. The van der Waals surface area contributed by atoms with E-state index in [1.54, 1.807) is 6.07 Å². The molecule has 0 aliphatic rings. The third kappa shape index (κ3) is 3.26. The van der Waals surface area contributed by atoms with E-state index in [1.807, 2.05) is 0 Å². The van der Waals surface area contributed by atoms with Gasteiger partial charge in [-0.05, 0) is 40.2 Å². The molecule has 2 aromatic rings. The van der Waals surface area contributed by atoms with Crippen molar-refractivity contribution in [2.75, 3.05) is 0 Å². The molecule has 2 nitrogen and oxygen atoms in total. The van der Waals surface area contributed by atoms with E-state index in [0.29, 0.717) is 15.8 Å². The molecule has 0 aliphatic heterocycles. The lowest BCUT2D eigenvalue weighted by Gasteiger charge is -2.10. The molecule has 0 spiro atoms. The molecule has 98 valence electrons. The SMILES string of the molecule is O=Cc1cc(Cl)ccc1Oc1cc(F)c(Cl)cc1Br. The minimum absolute atomic E-state index is 0.0223. The van der Waals surface area contributed by atoms with Gasteiger partial charge in [-0.1, -0.05) is 23.2 Å². The van der Waals surface area contributed by atoms with E-state index in [4.69, 9.17) is 27.9 Å². The van der Waals surface area contributed by atoms with Crippen molar-refractivity contribution in [1.82, 2.24) is 0 Å². The van der Waals surface area contributed by atoms with E-state index in [1.165, 1.54) is 18.2 Å². The number of rotatable bonds is 3. The van der Waals surface area contributed by atoms with Crippen molar-refractivity contribution >= 4 is 45.4 Å². The number of carbonyl (C=O) groups is 1. The zero-order chi connectivity index (χ0) is 14.0. The number of aldehydes is 1. The number of benzene rings is 2. The normalized spacial score (nSPS) is 10.3. The summed E-state index contributed by atoms with van der Waals surface area (Å²) in [4.78, 5) is 10.9. The van der Waals surface area contributed by atoms with Gasteiger partial charge in [0.25, 0.3) is 0 Å². The Morgan fingerprint density at radius 1 is 1.16 bits per heavy atom. The average Bonchev–Trinajstić information content (AvgIpc) is 2.37. The Labute approximate surface area is 127 Å². The molecule has 0 heterocycles. The van der Waals surface area contributed by atoms with Crippen molar-refractivity contribution in [2.45, 2.75) is 0 Å². The Bertz CT molecular complexity index is 647. The van der Waals surface area contributed by atoms with Crippen molar-refractivity contribution in [3.8, 4) is 11.5 Å². The molecule has 0 saturated carbocycles. The average molecular weight is 364 g/mol. The predicted octanol–water partition coefficient (Wildman–Crippen LogP) is 5.50. The minimum Gasteiger partial charge on any atom is -0.455 e. The van der Waals surface area contributed by atoms with Gasteiger partial charge in [-0.15, -0.1) is 0 Å². The second kappa shape index (κ2) is 5.90. The van der Waals surface area contributed by atoms with Gasteiger partial charge < -0.3 is 4.74 Å². The zero-order valence-electron chi connectivity index (χ0n) is 9.29. The molecule has 2 rings (SSSR count). The minimum atomic E-state index is -0.610. The van der Waals surface area contributed by atoms with Crippen molar-refractivity contribution in [2.24, 2.45) is 0 Å². The second-order valence-electron chi connectivity index (χ2n) is 3.60. The molecule has 19 heavy (non-hydrogen) atoms. The van der Waals surface area contributed by atoms with Gasteiger partial charge in [0.1, 0.15) is 17.3 Å². The van der Waals surface area contributed by atoms with Crippen LogP contribution in [0.25, 0.3) is 0 Å². The first-order valence-corrected chi connectivity index (χ1v) is 6.63. The highest BCUT2D eigenvalue weighted by atomic mass is 79.9. The van der Waals surface area contributed by atoms with Crippen LogP contribution in [0.15, 0.2) is 34.8 Å². The summed E-state index contributed by atoms with van der Waals surface area (Å²) < 4.78 is 19.3. The summed E-state index contributed by atoms with van der Waals surface area (Å²) in [6, 6.07) is 7.08. The predicted molar refractivity (Wildman–Crippen MR) is 76.0 cm³/mol. The number of hydrogen-bond acceptors (Lipinski definition) is 2. The van der Waals surface area contributed by atoms with Crippen LogP contribution >= 0.6 is 39.1 Å². The molecular formula is C13H6BrCl2FO2. The number of halogens is 4. The van der Waals surface area contributed by atoms with Gasteiger partial charge >= 0.3 is 0 Å². The number of hydrogen-bond donors (Lipinski definition) is 0. The van der Waals surface area contributed by atoms with Crippen LogP contribution in [0.1, 0.15) is 10.4 Å². The van der Waals surface area contributed by atoms with Crippen LogP contribution in [0.2, 0.25) is 10.0 Å². The van der Waals surface area contributed by atoms with Gasteiger partial charge in [0.2, 0.25) is 0 Å². The van der Waals surface area contributed by atoms with E-state index >= 15 is 0 Å². The standard InChI is InChI=1S/C13H6BrCl2FO2/c14-9-4-10(16)11(17)5-13(9)19-12-2-1-8(15)3-7(12)6-18/h1-6H. The lowest BCUT2D eigenvalue weighted by molar-refractivity contribution is 0.112. The molecular weight excluding hydrogens is 358 g/mol. The molecule has 0 N–H and O–H groups in total. The molecule has 0 unspecified atom stereocenters. The molecule has 0 saturated heterocycles. The molecule has 2 aromatic carbocycles. The molecule has 0 aromatic heterocycles. The second-order valence-corrected chi connectivity index (χ2v) is 5.30. The van der Waals surface area contributed by atoms with Crippen LogP contribution < -0.4 is 4.74 Å².